The number of fused-ring (bicyclic) bond motifs is 1. The molecule has 0 aromatic heterocycles. The summed E-state index contributed by atoms with van der Waals surface area (Å²) >= 11 is 0. The number of benzene rings is 1. The first-order chi connectivity index (χ1) is 9.85. The Morgan fingerprint density at radius 1 is 1.25 bits per heavy atom. The Morgan fingerprint density at radius 3 is 2.95 bits per heavy atom. The van der Waals surface area contributed by atoms with Gasteiger partial charge in [-0.2, -0.15) is 0 Å². The van der Waals surface area contributed by atoms with Crippen LogP contribution in [-0.4, -0.2) is 44.8 Å². The predicted molar refractivity (Wildman–Crippen MR) is 79.4 cm³/mol. The van der Waals surface area contributed by atoms with Crippen LogP contribution in [-0.2, 0) is 6.54 Å². The van der Waals surface area contributed by atoms with Gasteiger partial charge >= 0.3 is 0 Å². The van der Waals surface area contributed by atoms with E-state index in [4.69, 9.17) is 9.47 Å². The van der Waals surface area contributed by atoms with E-state index in [-0.39, 0.29) is 0 Å². The lowest BCUT2D eigenvalue weighted by molar-refractivity contribution is 0.163. The standard InChI is InChI=1S/C16H24N2O2/c1-17-10-14-3-2-6-18(12-14)11-13-4-5-15-16(9-13)20-8-7-19-15/h4-5,9,14,17H,2-3,6-8,10-12H2,1H3. The van der Waals surface area contributed by atoms with Crippen molar-refractivity contribution in [2.75, 3.05) is 39.9 Å². The molecule has 2 aliphatic rings. The molecular weight excluding hydrogens is 252 g/mol. The first-order valence-electron chi connectivity index (χ1n) is 7.60. The summed E-state index contributed by atoms with van der Waals surface area (Å²) in [6.45, 7) is 5.84. The van der Waals surface area contributed by atoms with Crippen LogP contribution in [0.4, 0.5) is 0 Å². The number of ether oxygens (including phenoxy) is 2. The highest BCUT2D eigenvalue weighted by molar-refractivity contribution is 5.43. The fourth-order valence-electron chi connectivity index (χ4n) is 3.19. The minimum atomic E-state index is 0.657. The molecule has 1 aromatic rings. The van der Waals surface area contributed by atoms with Gasteiger partial charge in [0.15, 0.2) is 11.5 Å². The fourth-order valence-corrected chi connectivity index (χ4v) is 3.19. The van der Waals surface area contributed by atoms with Gasteiger partial charge in [0.1, 0.15) is 13.2 Å². The minimum Gasteiger partial charge on any atom is -0.486 e. The summed E-state index contributed by atoms with van der Waals surface area (Å²) in [4.78, 5) is 2.55. The lowest BCUT2D eigenvalue weighted by Crippen LogP contribution is -2.38. The van der Waals surface area contributed by atoms with E-state index in [0.29, 0.717) is 13.2 Å². The molecule has 4 nitrogen and oxygen atoms in total. The van der Waals surface area contributed by atoms with Gasteiger partial charge in [-0.1, -0.05) is 6.07 Å². The van der Waals surface area contributed by atoms with Crippen molar-refractivity contribution in [3.63, 3.8) is 0 Å². The Morgan fingerprint density at radius 2 is 2.10 bits per heavy atom. The van der Waals surface area contributed by atoms with E-state index in [1.807, 2.05) is 13.1 Å². The second kappa shape index (κ2) is 6.46. The zero-order chi connectivity index (χ0) is 13.8. The van der Waals surface area contributed by atoms with Crippen LogP contribution in [0, 0.1) is 5.92 Å². The highest BCUT2D eigenvalue weighted by atomic mass is 16.6. The third-order valence-electron chi connectivity index (χ3n) is 4.11. The van der Waals surface area contributed by atoms with Crippen molar-refractivity contribution in [1.82, 2.24) is 10.2 Å². The summed E-state index contributed by atoms with van der Waals surface area (Å²) in [7, 11) is 2.04. The first kappa shape index (κ1) is 13.7. The number of hydrogen-bond acceptors (Lipinski definition) is 4. The molecule has 3 rings (SSSR count). The summed E-state index contributed by atoms with van der Waals surface area (Å²) < 4.78 is 11.2. The van der Waals surface area contributed by atoms with Crippen LogP contribution in [0.1, 0.15) is 18.4 Å². The quantitative estimate of drug-likeness (QED) is 0.910. The number of piperidine rings is 1. The zero-order valence-electron chi connectivity index (χ0n) is 12.2. The molecule has 110 valence electrons. The van der Waals surface area contributed by atoms with Crippen molar-refractivity contribution < 1.29 is 9.47 Å². The van der Waals surface area contributed by atoms with Crippen molar-refractivity contribution in [2.45, 2.75) is 19.4 Å². The van der Waals surface area contributed by atoms with Gasteiger partial charge in [-0.3, -0.25) is 4.90 Å². The fraction of sp³-hybridized carbons (Fsp3) is 0.625. The lowest BCUT2D eigenvalue weighted by atomic mass is 9.97. The van der Waals surface area contributed by atoms with Gasteiger partial charge in [0.2, 0.25) is 0 Å². The molecule has 0 bridgehead atoms. The Labute approximate surface area is 121 Å². The van der Waals surface area contributed by atoms with Gasteiger partial charge in [0, 0.05) is 13.1 Å². The molecule has 1 unspecified atom stereocenters. The van der Waals surface area contributed by atoms with Gasteiger partial charge in [0.05, 0.1) is 0 Å². The summed E-state index contributed by atoms with van der Waals surface area (Å²) in [6.07, 6.45) is 2.65. The number of rotatable bonds is 4. The molecule has 2 aliphatic heterocycles. The van der Waals surface area contributed by atoms with E-state index in [2.05, 4.69) is 22.3 Å². The van der Waals surface area contributed by atoms with Gasteiger partial charge in [-0.25, -0.2) is 0 Å². The van der Waals surface area contributed by atoms with Crippen molar-refractivity contribution in [1.29, 1.82) is 0 Å². The molecule has 0 aliphatic carbocycles. The Bertz CT molecular complexity index is 448. The lowest BCUT2D eigenvalue weighted by Gasteiger charge is -2.32. The number of nitrogens with one attached hydrogen (secondary N) is 1. The van der Waals surface area contributed by atoms with Gasteiger partial charge < -0.3 is 14.8 Å². The second-order valence-corrected chi connectivity index (χ2v) is 5.78. The average Bonchev–Trinajstić information content (AvgIpc) is 2.48. The average molecular weight is 276 g/mol. The molecule has 1 N–H and O–H groups in total. The molecule has 2 heterocycles. The van der Waals surface area contributed by atoms with E-state index in [1.165, 1.54) is 31.5 Å². The predicted octanol–water partition coefficient (Wildman–Crippen LogP) is 1.89. The molecule has 4 heteroatoms. The third-order valence-corrected chi connectivity index (χ3v) is 4.11. The second-order valence-electron chi connectivity index (χ2n) is 5.78. The molecule has 0 amide bonds. The molecule has 0 saturated carbocycles. The summed E-state index contributed by atoms with van der Waals surface area (Å²) in [6, 6.07) is 6.34. The van der Waals surface area contributed by atoms with Crippen LogP contribution in [0.25, 0.3) is 0 Å². The van der Waals surface area contributed by atoms with E-state index in [0.717, 1.165) is 30.5 Å². The SMILES string of the molecule is CNCC1CCCN(Cc2ccc3c(c2)OCCO3)C1. The van der Waals surface area contributed by atoms with E-state index in [9.17, 15) is 0 Å². The molecule has 1 fully saturated rings. The van der Waals surface area contributed by atoms with Crippen LogP contribution >= 0.6 is 0 Å². The van der Waals surface area contributed by atoms with Crippen LogP contribution in [0.2, 0.25) is 0 Å². The smallest absolute Gasteiger partial charge is 0.161 e. The number of hydrogen-bond donors (Lipinski definition) is 1. The van der Waals surface area contributed by atoms with E-state index in [1.54, 1.807) is 0 Å². The minimum absolute atomic E-state index is 0.657. The maximum absolute atomic E-state index is 5.66. The highest BCUT2D eigenvalue weighted by Crippen LogP contribution is 2.31. The Balaban J connectivity index is 1.62. The monoisotopic (exact) mass is 276 g/mol. The van der Waals surface area contributed by atoms with Crippen LogP contribution in [0.3, 0.4) is 0 Å². The van der Waals surface area contributed by atoms with Crippen molar-refractivity contribution in [3.8, 4) is 11.5 Å². The molecule has 20 heavy (non-hydrogen) atoms. The zero-order valence-corrected chi connectivity index (χ0v) is 12.2. The van der Waals surface area contributed by atoms with Gasteiger partial charge in [-0.05, 0) is 56.6 Å². The molecule has 0 radical (unpaired) electrons. The third kappa shape index (κ3) is 3.25. The van der Waals surface area contributed by atoms with E-state index >= 15 is 0 Å². The van der Waals surface area contributed by atoms with E-state index < -0.39 is 0 Å². The largest absolute Gasteiger partial charge is 0.486 e. The Hall–Kier alpha value is -1.26. The maximum atomic E-state index is 5.66. The van der Waals surface area contributed by atoms with Crippen LogP contribution in [0.15, 0.2) is 18.2 Å². The molecule has 1 aromatic carbocycles. The summed E-state index contributed by atoms with van der Waals surface area (Å²) in [5.74, 6) is 2.56. The molecule has 0 spiro atoms. The summed E-state index contributed by atoms with van der Waals surface area (Å²) in [5, 5.41) is 3.30. The normalized spacial score (nSPS) is 22.8. The Kier molecular flexibility index (Phi) is 4.43. The summed E-state index contributed by atoms with van der Waals surface area (Å²) in [5.41, 5.74) is 1.32. The highest BCUT2D eigenvalue weighted by Gasteiger charge is 2.20. The maximum Gasteiger partial charge on any atom is 0.161 e. The van der Waals surface area contributed by atoms with Gasteiger partial charge in [0.25, 0.3) is 0 Å². The van der Waals surface area contributed by atoms with Crippen molar-refractivity contribution in [3.05, 3.63) is 23.8 Å². The number of likely N-dealkylation sites (tertiary alicyclic amines) is 1. The van der Waals surface area contributed by atoms with Crippen LogP contribution < -0.4 is 14.8 Å². The molecular formula is C16H24N2O2. The van der Waals surface area contributed by atoms with Crippen LogP contribution in [0.5, 0.6) is 11.5 Å². The molecule has 1 atom stereocenters. The van der Waals surface area contributed by atoms with Crippen molar-refractivity contribution >= 4 is 0 Å². The first-order valence-corrected chi connectivity index (χ1v) is 7.60. The van der Waals surface area contributed by atoms with Gasteiger partial charge in [-0.15, -0.1) is 0 Å². The molecule has 1 saturated heterocycles. The number of nitrogens with zero attached hydrogens (tertiary/aromatic N) is 1. The topological polar surface area (TPSA) is 33.7 Å². The van der Waals surface area contributed by atoms with Crippen molar-refractivity contribution in [2.24, 2.45) is 5.92 Å².